The van der Waals surface area contributed by atoms with Gasteiger partial charge in [-0.1, -0.05) is 12.1 Å². The molecule has 144 valence electrons. The summed E-state index contributed by atoms with van der Waals surface area (Å²) < 4.78 is 16.1. The molecule has 2 fully saturated rings. The topological polar surface area (TPSA) is 54.3 Å². The summed E-state index contributed by atoms with van der Waals surface area (Å²) >= 11 is 0. The van der Waals surface area contributed by atoms with Crippen LogP contribution in [-0.4, -0.2) is 56.7 Å². The summed E-state index contributed by atoms with van der Waals surface area (Å²) in [5.74, 6) is 1.34. The molecule has 2 aromatic rings. The number of nitrogens with zero attached hydrogens (tertiary/aromatic N) is 5. The van der Waals surface area contributed by atoms with Gasteiger partial charge in [0.1, 0.15) is 17.5 Å². The van der Waals surface area contributed by atoms with Crippen molar-refractivity contribution in [1.29, 1.82) is 0 Å². The zero-order valence-corrected chi connectivity index (χ0v) is 15.8. The molecular weight excluding hydrogens is 345 g/mol. The highest BCUT2D eigenvalue weighted by Crippen LogP contribution is 2.27. The summed E-state index contributed by atoms with van der Waals surface area (Å²) in [6.07, 6.45) is 4.36. The maximum absolute atomic E-state index is 14.0. The number of amides is 1. The van der Waals surface area contributed by atoms with Gasteiger partial charge in [-0.3, -0.25) is 9.69 Å². The first-order valence-corrected chi connectivity index (χ1v) is 9.78. The second kappa shape index (κ2) is 7.76. The van der Waals surface area contributed by atoms with Gasteiger partial charge in [-0.15, -0.1) is 10.2 Å². The van der Waals surface area contributed by atoms with Crippen molar-refractivity contribution in [3.05, 3.63) is 47.3 Å². The maximum Gasteiger partial charge on any atom is 0.256 e. The summed E-state index contributed by atoms with van der Waals surface area (Å²) in [6, 6.07) is 6.19. The van der Waals surface area contributed by atoms with Gasteiger partial charge in [-0.25, -0.2) is 4.39 Å². The summed E-state index contributed by atoms with van der Waals surface area (Å²) in [5, 5.41) is 8.84. The largest absolute Gasteiger partial charge is 0.338 e. The van der Waals surface area contributed by atoms with E-state index in [9.17, 15) is 9.18 Å². The molecule has 4 rings (SSSR count). The van der Waals surface area contributed by atoms with E-state index in [4.69, 9.17) is 0 Å². The van der Waals surface area contributed by atoms with Crippen LogP contribution in [0.25, 0.3) is 0 Å². The second-order valence-electron chi connectivity index (χ2n) is 7.59. The highest BCUT2D eigenvalue weighted by Gasteiger charge is 2.30. The van der Waals surface area contributed by atoms with E-state index in [0.717, 1.165) is 44.1 Å². The second-order valence-corrected chi connectivity index (χ2v) is 7.59. The maximum atomic E-state index is 14.0. The lowest BCUT2D eigenvalue weighted by Gasteiger charge is -2.32. The van der Waals surface area contributed by atoms with Gasteiger partial charge in [-0.2, -0.15) is 0 Å². The highest BCUT2D eigenvalue weighted by atomic mass is 19.1. The molecular formula is C20H26FN5O. The zero-order valence-electron chi connectivity index (χ0n) is 15.8. The van der Waals surface area contributed by atoms with Gasteiger partial charge < -0.3 is 9.47 Å². The molecule has 3 heterocycles. The summed E-state index contributed by atoms with van der Waals surface area (Å²) in [7, 11) is 2.01. The van der Waals surface area contributed by atoms with Crippen molar-refractivity contribution in [2.24, 2.45) is 7.05 Å². The Morgan fingerprint density at radius 3 is 2.70 bits per heavy atom. The van der Waals surface area contributed by atoms with Crippen molar-refractivity contribution in [3.63, 3.8) is 0 Å². The first-order valence-electron chi connectivity index (χ1n) is 9.78. The standard InChI is InChI=1S/C20H26FN5O/c1-24-18(14-25-10-4-5-11-25)22-23-19(24)15-7-6-12-26(13-15)20(27)16-8-2-3-9-17(16)21/h2-3,8-9,15H,4-7,10-14H2,1H3/t15-/m0/s1. The quantitative estimate of drug-likeness (QED) is 0.829. The first kappa shape index (κ1) is 18.1. The zero-order chi connectivity index (χ0) is 18.8. The monoisotopic (exact) mass is 371 g/mol. The predicted molar refractivity (Wildman–Crippen MR) is 99.8 cm³/mol. The fraction of sp³-hybridized carbons (Fsp3) is 0.550. The molecule has 27 heavy (non-hydrogen) atoms. The molecule has 2 aliphatic heterocycles. The van der Waals surface area contributed by atoms with Gasteiger partial charge >= 0.3 is 0 Å². The number of likely N-dealkylation sites (tertiary alicyclic amines) is 2. The van der Waals surface area contributed by atoms with E-state index in [1.165, 1.54) is 18.9 Å². The number of carbonyl (C=O) groups excluding carboxylic acids is 1. The molecule has 1 atom stereocenters. The Labute approximate surface area is 159 Å². The Hall–Kier alpha value is -2.28. The Balaban J connectivity index is 1.47. The third-order valence-corrected chi connectivity index (χ3v) is 5.74. The molecule has 1 aromatic heterocycles. The Morgan fingerprint density at radius 2 is 1.93 bits per heavy atom. The van der Waals surface area contributed by atoms with E-state index >= 15 is 0 Å². The minimum atomic E-state index is -0.462. The van der Waals surface area contributed by atoms with Crippen LogP contribution in [0.15, 0.2) is 24.3 Å². The minimum absolute atomic E-state index is 0.138. The Morgan fingerprint density at radius 1 is 1.15 bits per heavy atom. The Kier molecular flexibility index (Phi) is 5.20. The lowest BCUT2D eigenvalue weighted by Crippen LogP contribution is -2.40. The van der Waals surface area contributed by atoms with Gasteiger partial charge in [0.25, 0.3) is 5.91 Å². The van der Waals surface area contributed by atoms with E-state index in [2.05, 4.69) is 19.7 Å². The molecule has 0 unspecified atom stereocenters. The molecule has 0 spiro atoms. The van der Waals surface area contributed by atoms with Gasteiger partial charge in [0.15, 0.2) is 0 Å². The highest BCUT2D eigenvalue weighted by molar-refractivity contribution is 5.94. The SMILES string of the molecule is Cn1c(CN2CCCC2)nnc1[C@H]1CCCN(C(=O)c2ccccc2F)C1. The van der Waals surface area contributed by atoms with Gasteiger partial charge in [-0.05, 0) is 50.9 Å². The van der Waals surface area contributed by atoms with Crippen LogP contribution in [0.4, 0.5) is 4.39 Å². The average Bonchev–Trinajstić information content (AvgIpc) is 3.32. The van der Waals surface area contributed by atoms with Crippen molar-refractivity contribution >= 4 is 5.91 Å². The molecule has 0 saturated carbocycles. The summed E-state index contributed by atoms with van der Waals surface area (Å²) in [5.41, 5.74) is 0.144. The number of carbonyl (C=O) groups is 1. The van der Waals surface area contributed by atoms with Crippen molar-refractivity contribution in [2.45, 2.75) is 38.1 Å². The van der Waals surface area contributed by atoms with E-state index in [1.807, 2.05) is 7.05 Å². The minimum Gasteiger partial charge on any atom is -0.338 e. The summed E-state index contributed by atoms with van der Waals surface area (Å²) in [6.45, 7) is 4.28. The normalized spacial score (nSPS) is 21.0. The van der Waals surface area contributed by atoms with E-state index < -0.39 is 5.82 Å². The molecule has 2 saturated heterocycles. The smallest absolute Gasteiger partial charge is 0.256 e. The van der Waals surface area contributed by atoms with Crippen LogP contribution < -0.4 is 0 Å². The molecule has 1 aromatic carbocycles. The molecule has 0 radical (unpaired) electrons. The van der Waals surface area contributed by atoms with E-state index in [0.29, 0.717) is 13.1 Å². The molecule has 2 aliphatic rings. The number of hydrogen-bond acceptors (Lipinski definition) is 4. The molecule has 1 amide bonds. The summed E-state index contributed by atoms with van der Waals surface area (Å²) in [4.78, 5) is 16.9. The lowest BCUT2D eigenvalue weighted by molar-refractivity contribution is 0.0698. The molecule has 6 nitrogen and oxygen atoms in total. The number of rotatable bonds is 4. The fourth-order valence-electron chi connectivity index (χ4n) is 4.19. The average molecular weight is 371 g/mol. The number of piperidine rings is 1. The molecule has 0 bridgehead atoms. The van der Waals surface area contributed by atoms with Crippen molar-refractivity contribution in [1.82, 2.24) is 24.6 Å². The van der Waals surface area contributed by atoms with Crippen LogP contribution in [0.3, 0.4) is 0 Å². The van der Waals surface area contributed by atoms with Crippen LogP contribution in [0.5, 0.6) is 0 Å². The van der Waals surface area contributed by atoms with Crippen LogP contribution in [0.2, 0.25) is 0 Å². The van der Waals surface area contributed by atoms with Crippen LogP contribution >= 0.6 is 0 Å². The van der Waals surface area contributed by atoms with E-state index in [1.54, 1.807) is 23.1 Å². The van der Waals surface area contributed by atoms with Gasteiger partial charge in [0.2, 0.25) is 0 Å². The number of hydrogen-bond donors (Lipinski definition) is 0. The van der Waals surface area contributed by atoms with Crippen LogP contribution in [0, 0.1) is 5.82 Å². The molecule has 7 heteroatoms. The lowest BCUT2D eigenvalue weighted by atomic mass is 9.96. The van der Waals surface area contributed by atoms with Gasteiger partial charge in [0, 0.05) is 26.1 Å². The third kappa shape index (κ3) is 3.74. The first-order chi connectivity index (χ1) is 13.1. The third-order valence-electron chi connectivity index (χ3n) is 5.74. The van der Waals surface area contributed by atoms with Crippen molar-refractivity contribution < 1.29 is 9.18 Å². The van der Waals surface area contributed by atoms with Gasteiger partial charge in [0.05, 0.1) is 12.1 Å². The van der Waals surface area contributed by atoms with Crippen molar-refractivity contribution in [2.75, 3.05) is 26.2 Å². The van der Waals surface area contributed by atoms with E-state index in [-0.39, 0.29) is 17.4 Å². The number of halogens is 1. The van der Waals surface area contributed by atoms with Crippen LogP contribution in [0.1, 0.15) is 53.6 Å². The van der Waals surface area contributed by atoms with Crippen molar-refractivity contribution in [3.8, 4) is 0 Å². The molecule has 0 aliphatic carbocycles. The Bertz CT molecular complexity index is 814. The van der Waals surface area contributed by atoms with Crippen LogP contribution in [-0.2, 0) is 13.6 Å². The predicted octanol–water partition coefficient (Wildman–Crippen LogP) is 2.57. The number of aromatic nitrogens is 3. The fourth-order valence-corrected chi connectivity index (χ4v) is 4.19. The number of benzene rings is 1. The molecule has 0 N–H and O–H groups in total.